The Bertz CT molecular complexity index is 1320. The molecule has 208 valence electrons. The van der Waals surface area contributed by atoms with Crippen molar-refractivity contribution in [2.24, 2.45) is 11.8 Å². The van der Waals surface area contributed by atoms with Gasteiger partial charge in [-0.3, -0.25) is 14.4 Å². The lowest BCUT2D eigenvalue weighted by molar-refractivity contribution is 0.102. The largest absolute Gasteiger partial charge is 0.465 e. The third kappa shape index (κ3) is 6.24. The molecule has 13 heteroatoms. The number of halogens is 2. The molecule has 2 saturated carbocycles. The molecular formula is C26H31F2N7O4. The zero-order valence-electron chi connectivity index (χ0n) is 21.5. The van der Waals surface area contributed by atoms with Crippen molar-refractivity contribution in [3.8, 4) is 11.5 Å². The molecule has 0 atom stereocenters. The van der Waals surface area contributed by atoms with E-state index in [1.807, 2.05) is 7.05 Å². The summed E-state index contributed by atoms with van der Waals surface area (Å²) in [4.78, 5) is 34.2. The van der Waals surface area contributed by atoms with E-state index in [9.17, 15) is 23.5 Å². The molecule has 0 aliphatic heterocycles. The number of aromatic nitrogens is 4. The van der Waals surface area contributed by atoms with E-state index < -0.39 is 24.1 Å². The molecule has 2 fully saturated rings. The highest BCUT2D eigenvalue weighted by Gasteiger charge is 2.29. The normalized spacial score (nSPS) is 19.3. The van der Waals surface area contributed by atoms with Crippen LogP contribution in [0.25, 0.3) is 11.5 Å². The number of pyridine rings is 1. The number of nitrogens with one attached hydrogen (secondary N) is 2. The van der Waals surface area contributed by atoms with Crippen LogP contribution in [0.15, 0.2) is 35.2 Å². The first-order valence-corrected chi connectivity index (χ1v) is 13.1. The van der Waals surface area contributed by atoms with Crippen molar-refractivity contribution in [3.63, 3.8) is 0 Å². The van der Waals surface area contributed by atoms with Gasteiger partial charge in [-0.1, -0.05) is 0 Å². The second-order valence-corrected chi connectivity index (χ2v) is 10.2. The third-order valence-electron chi connectivity index (χ3n) is 7.27. The number of oxazole rings is 1. The molecule has 3 aromatic rings. The Morgan fingerprint density at radius 2 is 1.95 bits per heavy atom. The summed E-state index contributed by atoms with van der Waals surface area (Å²) in [6.45, 7) is 1.27. The molecule has 0 radical (unpaired) electrons. The summed E-state index contributed by atoms with van der Waals surface area (Å²) in [5.41, 5.74) is -0.249. The number of hydrogen-bond acceptors (Lipinski definition) is 7. The van der Waals surface area contributed by atoms with Crippen LogP contribution in [-0.4, -0.2) is 57.0 Å². The summed E-state index contributed by atoms with van der Waals surface area (Å²) in [7, 11) is 1.92. The standard InChI is InChI=1S/C26H31F2N7O4/c1-29-11-15-4-6-18(7-5-15)35-13-19(22(33-35)23(27)28)31-24(36)20-14-39-25(32-20)17-8-9-30-21(10-17)34(26(37)38)12-16-2-3-16/h8-10,13-16,18,23,29H,2-7,11-12H2,1H3,(H,31,36)(H,37,38). The number of carbonyl (C=O) groups excluding carboxylic acids is 1. The van der Waals surface area contributed by atoms with Gasteiger partial charge in [0.25, 0.3) is 12.3 Å². The van der Waals surface area contributed by atoms with Crippen molar-refractivity contribution in [2.75, 3.05) is 30.4 Å². The maximum atomic E-state index is 13.8. The minimum absolute atomic E-state index is 0.00826. The summed E-state index contributed by atoms with van der Waals surface area (Å²) in [6, 6.07) is 3.10. The summed E-state index contributed by atoms with van der Waals surface area (Å²) < 4.78 is 34.5. The molecule has 39 heavy (non-hydrogen) atoms. The van der Waals surface area contributed by atoms with Crippen molar-refractivity contribution in [3.05, 3.63) is 42.2 Å². The van der Waals surface area contributed by atoms with Crippen LogP contribution in [0.2, 0.25) is 0 Å². The van der Waals surface area contributed by atoms with E-state index in [0.29, 0.717) is 23.9 Å². The first-order valence-electron chi connectivity index (χ1n) is 13.1. The van der Waals surface area contributed by atoms with E-state index in [4.69, 9.17) is 4.42 Å². The summed E-state index contributed by atoms with van der Waals surface area (Å²) in [6.07, 6.45) is 5.59. The molecule has 2 aliphatic carbocycles. The van der Waals surface area contributed by atoms with Crippen LogP contribution in [0, 0.1) is 11.8 Å². The van der Waals surface area contributed by atoms with Crippen molar-refractivity contribution in [2.45, 2.75) is 51.0 Å². The SMILES string of the molecule is CNCC1CCC(n2cc(NC(=O)c3coc(-c4ccnc(N(CC5CC5)C(=O)O)c4)n3)c(C(F)F)n2)CC1. The Balaban J connectivity index is 1.29. The molecule has 5 rings (SSSR count). The van der Waals surface area contributed by atoms with Crippen molar-refractivity contribution in [1.29, 1.82) is 0 Å². The molecule has 3 N–H and O–H groups in total. The highest BCUT2D eigenvalue weighted by atomic mass is 19.3. The lowest BCUT2D eigenvalue weighted by Crippen LogP contribution is -2.32. The third-order valence-corrected chi connectivity index (χ3v) is 7.27. The number of alkyl halides is 2. The maximum absolute atomic E-state index is 13.8. The Morgan fingerprint density at radius 3 is 2.62 bits per heavy atom. The van der Waals surface area contributed by atoms with E-state index >= 15 is 0 Å². The predicted molar refractivity (Wildman–Crippen MR) is 138 cm³/mol. The molecular weight excluding hydrogens is 512 g/mol. The van der Waals surface area contributed by atoms with Crippen molar-refractivity contribution >= 4 is 23.5 Å². The van der Waals surface area contributed by atoms with Gasteiger partial charge in [-0.25, -0.2) is 23.5 Å². The van der Waals surface area contributed by atoms with Gasteiger partial charge in [-0.05, 0) is 76.1 Å². The summed E-state index contributed by atoms with van der Waals surface area (Å²) in [5.74, 6) is 0.450. The molecule has 11 nitrogen and oxygen atoms in total. The van der Waals surface area contributed by atoms with Gasteiger partial charge < -0.3 is 20.2 Å². The van der Waals surface area contributed by atoms with E-state index in [-0.39, 0.29) is 29.1 Å². The highest BCUT2D eigenvalue weighted by Crippen LogP contribution is 2.35. The monoisotopic (exact) mass is 543 g/mol. The molecule has 0 bridgehead atoms. The van der Waals surface area contributed by atoms with Crippen LogP contribution in [-0.2, 0) is 0 Å². The van der Waals surface area contributed by atoms with Crippen LogP contribution in [0.1, 0.15) is 67.2 Å². The number of carbonyl (C=O) groups is 2. The van der Waals surface area contributed by atoms with E-state index in [1.165, 1.54) is 28.0 Å². The second kappa shape index (κ2) is 11.5. The van der Waals surface area contributed by atoms with Gasteiger partial charge in [0.2, 0.25) is 5.89 Å². The van der Waals surface area contributed by atoms with Gasteiger partial charge in [0.15, 0.2) is 11.4 Å². The first-order chi connectivity index (χ1) is 18.8. The molecule has 3 heterocycles. The Kier molecular flexibility index (Phi) is 7.87. The van der Waals surface area contributed by atoms with Gasteiger partial charge >= 0.3 is 6.09 Å². The zero-order chi connectivity index (χ0) is 27.5. The van der Waals surface area contributed by atoms with Gasteiger partial charge in [0.1, 0.15) is 12.1 Å². The van der Waals surface area contributed by atoms with Crippen LogP contribution in [0.3, 0.4) is 0 Å². The van der Waals surface area contributed by atoms with Crippen molar-refractivity contribution in [1.82, 2.24) is 25.1 Å². The lowest BCUT2D eigenvalue weighted by Gasteiger charge is -2.28. The molecule has 2 aliphatic rings. The fraction of sp³-hybridized carbons (Fsp3) is 0.500. The first kappa shape index (κ1) is 26.7. The number of nitrogens with zero attached hydrogens (tertiary/aromatic N) is 5. The van der Waals surface area contributed by atoms with Crippen LogP contribution < -0.4 is 15.5 Å². The molecule has 0 unspecified atom stereocenters. The number of anilines is 2. The van der Waals surface area contributed by atoms with Crippen molar-refractivity contribution < 1.29 is 27.9 Å². The van der Waals surface area contributed by atoms with Gasteiger partial charge in [0.05, 0.1) is 11.7 Å². The summed E-state index contributed by atoms with van der Waals surface area (Å²) >= 11 is 0. The number of hydrogen-bond donors (Lipinski definition) is 3. The Labute approximate surface area is 223 Å². The van der Waals surface area contributed by atoms with Gasteiger partial charge in [-0.15, -0.1) is 0 Å². The lowest BCUT2D eigenvalue weighted by atomic mass is 9.86. The second-order valence-electron chi connectivity index (χ2n) is 10.2. The molecule has 0 spiro atoms. The number of amides is 2. The van der Waals surface area contributed by atoms with Gasteiger partial charge in [0, 0.05) is 24.5 Å². The van der Waals surface area contributed by atoms with Crippen LogP contribution in [0.5, 0.6) is 0 Å². The zero-order valence-corrected chi connectivity index (χ0v) is 21.5. The minimum atomic E-state index is -2.86. The average molecular weight is 544 g/mol. The molecule has 0 saturated heterocycles. The van der Waals surface area contributed by atoms with E-state index in [2.05, 4.69) is 25.7 Å². The Morgan fingerprint density at radius 1 is 1.21 bits per heavy atom. The van der Waals surface area contributed by atoms with Crippen LogP contribution >= 0.6 is 0 Å². The quantitative estimate of drug-likeness (QED) is 0.326. The fourth-order valence-corrected chi connectivity index (χ4v) is 4.98. The summed E-state index contributed by atoms with van der Waals surface area (Å²) in [5, 5.41) is 19.4. The molecule has 3 aromatic heterocycles. The fourth-order valence-electron chi connectivity index (χ4n) is 4.98. The van der Waals surface area contributed by atoms with E-state index in [0.717, 1.165) is 51.3 Å². The average Bonchev–Trinajstić information content (AvgIpc) is 3.42. The number of carboxylic acid groups (broad SMARTS) is 1. The smallest absolute Gasteiger partial charge is 0.413 e. The highest BCUT2D eigenvalue weighted by molar-refractivity contribution is 6.03. The van der Waals surface area contributed by atoms with E-state index in [1.54, 1.807) is 6.07 Å². The minimum Gasteiger partial charge on any atom is -0.465 e. The maximum Gasteiger partial charge on any atom is 0.413 e. The van der Waals surface area contributed by atoms with Gasteiger partial charge in [-0.2, -0.15) is 5.10 Å². The topological polar surface area (TPSA) is 138 Å². The molecule has 2 amide bonds. The molecule has 0 aromatic carbocycles. The van der Waals surface area contributed by atoms with Crippen LogP contribution in [0.4, 0.5) is 25.1 Å². The predicted octanol–water partition coefficient (Wildman–Crippen LogP) is 4.97. The number of rotatable bonds is 10. The Hall–Kier alpha value is -3.87.